The Labute approximate surface area is 104 Å². The lowest BCUT2D eigenvalue weighted by Crippen LogP contribution is -2.36. The van der Waals surface area contributed by atoms with E-state index in [9.17, 15) is 4.79 Å². The molecule has 0 spiro atoms. The molecule has 0 radical (unpaired) electrons. The highest BCUT2D eigenvalue weighted by Crippen LogP contribution is 2.06. The second-order valence-corrected chi connectivity index (χ2v) is 4.84. The Morgan fingerprint density at radius 3 is 2.65 bits per heavy atom. The molecule has 0 bridgehead atoms. The van der Waals surface area contributed by atoms with Gasteiger partial charge in [-0.1, -0.05) is 6.08 Å². The van der Waals surface area contributed by atoms with E-state index in [-0.39, 0.29) is 6.04 Å². The Balaban J connectivity index is 3.55. The SMILES string of the molecule is C=CCONC(C)CCNC(=O)OC(C)(C)C. The standard InChI is InChI=1S/C12H24N2O3/c1-6-9-16-14-10(2)7-8-13-11(15)17-12(3,4)5/h6,10,14H,1,7-9H2,2-5H3,(H,13,15). The van der Waals surface area contributed by atoms with Crippen LogP contribution in [0.3, 0.4) is 0 Å². The van der Waals surface area contributed by atoms with E-state index in [2.05, 4.69) is 17.4 Å². The number of nitrogens with one attached hydrogen (secondary N) is 2. The zero-order chi connectivity index (χ0) is 13.3. The highest BCUT2D eigenvalue weighted by Gasteiger charge is 2.15. The number of alkyl carbamates (subject to hydrolysis) is 1. The number of rotatable bonds is 7. The van der Waals surface area contributed by atoms with E-state index in [1.165, 1.54) is 0 Å². The van der Waals surface area contributed by atoms with Crippen molar-refractivity contribution in [1.29, 1.82) is 0 Å². The molecule has 0 heterocycles. The second kappa shape index (κ2) is 8.08. The average molecular weight is 244 g/mol. The highest BCUT2D eigenvalue weighted by molar-refractivity contribution is 5.67. The number of hydrogen-bond acceptors (Lipinski definition) is 4. The third kappa shape index (κ3) is 11.2. The lowest BCUT2D eigenvalue weighted by Gasteiger charge is -2.20. The molecule has 100 valence electrons. The van der Waals surface area contributed by atoms with Gasteiger partial charge in [-0.15, -0.1) is 6.58 Å². The first-order chi connectivity index (χ1) is 7.85. The maximum atomic E-state index is 11.3. The summed E-state index contributed by atoms with van der Waals surface area (Å²) in [5.74, 6) is 0. The maximum absolute atomic E-state index is 11.3. The molecular formula is C12H24N2O3. The first kappa shape index (κ1) is 15.9. The molecule has 1 amide bonds. The van der Waals surface area contributed by atoms with Crippen LogP contribution in [0.1, 0.15) is 34.1 Å². The van der Waals surface area contributed by atoms with E-state index in [4.69, 9.17) is 9.57 Å². The largest absolute Gasteiger partial charge is 0.444 e. The smallest absolute Gasteiger partial charge is 0.407 e. The fourth-order valence-electron chi connectivity index (χ4n) is 1.01. The summed E-state index contributed by atoms with van der Waals surface area (Å²) in [5, 5.41) is 2.68. The minimum absolute atomic E-state index is 0.157. The molecule has 0 aromatic heterocycles. The van der Waals surface area contributed by atoms with Crippen molar-refractivity contribution in [2.75, 3.05) is 13.2 Å². The molecule has 5 nitrogen and oxygen atoms in total. The Bertz CT molecular complexity index is 236. The number of amides is 1. The van der Waals surface area contributed by atoms with Crippen LogP contribution in [0.25, 0.3) is 0 Å². The van der Waals surface area contributed by atoms with Crippen LogP contribution in [0.15, 0.2) is 12.7 Å². The molecule has 5 heteroatoms. The van der Waals surface area contributed by atoms with Crippen molar-refractivity contribution in [3.05, 3.63) is 12.7 Å². The topological polar surface area (TPSA) is 59.6 Å². The van der Waals surface area contributed by atoms with E-state index in [0.29, 0.717) is 13.2 Å². The molecular weight excluding hydrogens is 220 g/mol. The molecule has 0 aromatic rings. The number of hydrogen-bond donors (Lipinski definition) is 2. The van der Waals surface area contributed by atoms with Gasteiger partial charge in [0.05, 0.1) is 6.61 Å². The van der Waals surface area contributed by atoms with Crippen molar-refractivity contribution < 1.29 is 14.4 Å². The molecule has 0 aliphatic rings. The monoisotopic (exact) mass is 244 g/mol. The fourth-order valence-corrected chi connectivity index (χ4v) is 1.01. The van der Waals surface area contributed by atoms with Gasteiger partial charge in [0.1, 0.15) is 5.60 Å². The molecule has 0 aliphatic heterocycles. The van der Waals surface area contributed by atoms with Crippen LogP contribution >= 0.6 is 0 Å². The maximum Gasteiger partial charge on any atom is 0.407 e. The van der Waals surface area contributed by atoms with Crippen molar-refractivity contribution >= 4 is 6.09 Å². The summed E-state index contributed by atoms with van der Waals surface area (Å²) >= 11 is 0. The van der Waals surface area contributed by atoms with Crippen LogP contribution in [-0.4, -0.2) is 30.9 Å². The number of hydroxylamine groups is 1. The van der Waals surface area contributed by atoms with Crippen molar-refractivity contribution in [2.24, 2.45) is 0 Å². The van der Waals surface area contributed by atoms with Crippen molar-refractivity contribution in [3.8, 4) is 0 Å². The summed E-state index contributed by atoms with van der Waals surface area (Å²) in [4.78, 5) is 16.4. The van der Waals surface area contributed by atoms with Crippen LogP contribution in [0, 0.1) is 0 Å². The number of carbonyl (C=O) groups is 1. The van der Waals surface area contributed by atoms with Crippen LogP contribution in [0.2, 0.25) is 0 Å². The van der Waals surface area contributed by atoms with Gasteiger partial charge in [0.25, 0.3) is 0 Å². The van der Waals surface area contributed by atoms with E-state index in [0.717, 1.165) is 6.42 Å². The quantitative estimate of drug-likeness (QED) is 0.408. The minimum Gasteiger partial charge on any atom is -0.444 e. The van der Waals surface area contributed by atoms with Gasteiger partial charge < -0.3 is 10.1 Å². The molecule has 0 rings (SSSR count). The van der Waals surface area contributed by atoms with Gasteiger partial charge in [-0.05, 0) is 34.1 Å². The average Bonchev–Trinajstić information content (AvgIpc) is 2.15. The first-order valence-electron chi connectivity index (χ1n) is 5.80. The second-order valence-electron chi connectivity index (χ2n) is 4.84. The molecule has 0 saturated carbocycles. The van der Waals surface area contributed by atoms with Gasteiger partial charge in [0.15, 0.2) is 0 Å². The van der Waals surface area contributed by atoms with E-state index in [1.54, 1.807) is 6.08 Å². The van der Waals surface area contributed by atoms with Gasteiger partial charge in [0, 0.05) is 12.6 Å². The molecule has 1 unspecified atom stereocenters. The Hall–Kier alpha value is -1.07. The Morgan fingerprint density at radius 2 is 2.12 bits per heavy atom. The predicted octanol–water partition coefficient (Wildman–Crippen LogP) is 2.00. The number of carbonyl (C=O) groups excluding carboxylic acids is 1. The molecule has 0 fully saturated rings. The van der Waals surface area contributed by atoms with Crippen molar-refractivity contribution in [2.45, 2.75) is 45.8 Å². The molecule has 0 saturated heterocycles. The van der Waals surface area contributed by atoms with Crippen LogP contribution in [0.4, 0.5) is 4.79 Å². The Kier molecular flexibility index (Phi) is 7.58. The summed E-state index contributed by atoms with van der Waals surface area (Å²) in [6.07, 6.45) is 2.03. The Morgan fingerprint density at radius 1 is 1.47 bits per heavy atom. The summed E-state index contributed by atoms with van der Waals surface area (Å²) in [6, 6.07) is 0.157. The van der Waals surface area contributed by atoms with E-state index >= 15 is 0 Å². The van der Waals surface area contributed by atoms with Crippen molar-refractivity contribution in [1.82, 2.24) is 10.8 Å². The van der Waals surface area contributed by atoms with Gasteiger partial charge in [-0.2, -0.15) is 5.48 Å². The van der Waals surface area contributed by atoms with E-state index < -0.39 is 11.7 Å². The van der Waals surface area contributed by atoms with Gasteiger partial charge in [0.2, 0.25) is 0 Å². The molecule has 0 aliphatic carbocycles. The highest BCUT2D eigenvalue weighted by atomic mass is 16.6. The minimum atomic E-state index is -0.457. The van der Waals surface area contributed by atoms with Crippen LogP contribution < -0.4 is 10.8 Å². The van der Waals surface area contributed by atoms with Gasteiger partial charge in [-0.25, -0.2) is 4.79 Å². The summed E-state index contributed by atoms with van der Waals surface area (Å²) in [5.41, 5.74) is 2.38. The third-order valence-electron chi connectivity index (χ3n) is 1.73. The van der Waals surface area contributed by atoms with Crippen LogP contribution in [-0.2, 0) is 9.57 Å². The van der Waals surface area contributed by atoms with Crippen LogP contribution in [0.5, 0.6) is 0 Å². The molecule has 2 N–H and O–H groups in total. The molecule has 1 atom stereocenters. The van der Waals surface area contributed by atoms with Gasteiger partial charge in [-0.3, -0.25) is 4.84 Å². The normalized spacial score (nSPS) is 12.9. The third-order valence-corrected chi connectivity index (χ3v) is 1.73. The molecule has 0 aromatic carbocycles. The summed E-state index contributed by atoms with van der Waals surface area (Å²) in [7, 11) is 0. The molecule has 17 heavy (non-hydrogen) atoms. The lowest BCUT2D eigenvalue weighted by molar-refractivity contribution is 0.0356. The zero-order valence-corrected chi connectivity index (χ0v) is 11.2. The first-order valence-corrected chi connectivity index (χ1v) is 5.80. The lowest BCUT2D eigenvalue weighted by atomic mass is 10.2. The van der Waals surface area contributed by atoms with Gasteiger partial charge >= 0.3 is 6.09 Å². The predicted molar refractivity (Wildman–Crippen MR) is 67.6 cm³/mol. The fraction of sp³-hybridized carbons (Fsp3) is 0.750. The summed E-state index contributed by atoms with van der Waals surface area (Å²) in [6.45, 7) is 12.0. The zero-order valence-electron chi connectivity index (χ0n) is 11.2. The number of ether oxygens (including phenoxy) is 1. The summed E-state index contributed by atoms with van der Waals surface area (Å²) < 4.78 is 5.10. The van der Waals surface area contributed by atoms with Crippen molar-refractivity contribution in [3.63, 3.8) is 0 Å². The van der Waals surface area contributed by atoms with E-state index in [1.807, 2.05) is 27.7 Å².